The Morgan fingerprint density at radius 3 is 2.83 bits per heavy atom. The second kappa shape index (κ2) is 9.53. The zero-order valence-electron chi connectivity index (χ0n) is 14.5. The molecular weight excluding hydrogens is 290 g/mol. The van der Waals surface area contributed by atoms with Gasteiger partial charge in [-0.05, 0) is 29.9 Å². The van der Waals surface area contributed by atoms with Crippen LogP contribution >= 0.6 is 0 Å². The normalized spacial score (nSPS) is 14.8. The van der Waals surface area contributed by atoms with Crippen LogP contribution in [0.1, 0.15) is 24.0 Å². The third-order valence-electron chi connectivity index (χ3n) is 3.95. The first-order chi connectivity index (χ1) is 11.2. The van der Waals surface area contributed by atoms with Gasteiger partial charge in [0.2, 0.25) is 0 Å². The molecule has 1 fully saturated rings. The van der Waals surface area contributed by atoms with Crippen molar-refractivity contribution in [3.8, 4) is 0 Å². The lowest BCUT2D eigenvalue weighted by atomic mass is 10.1. The van der Waals surface area contributed by atoms with Crippen LogP contribution in [-0.2, 0) is 22.6 Å². The molecule has 0 aliphatic heterocycles. The minimum atomic E-state index is 0.640. The van der Waals surface area contributed by atoms with Crippen LogP contribution in [-0.4, -0.2) is 51.8 Å². The van der Waals surface area contributed by atoms with Crippen LogP contribution in [0.4, 0.5) is 0 Å². The Kier molecular flexibility index (Phi) is 7.36. The van der Waals surface area contributed by atoms with Crippen molar-refractivity contribution >= 4 is 5.96 Å². The topological polar surface area (TPSA) is 46.1 Å². The number of methoxy groups -OCH3 is 1. The quantitative estimate of drug-likeness (QED) is 0.431. The Hall–Kier alpha value is -1.59. The van der Waals surface area contributed by atoms with E-state index in [4.69, 9.17) is 9.47 Å². The van der Waals surface area contributed by atoms with E-state index in [-0.39, 0.29) is 0 Å². The summed E-state index contributed by atoms with van der Waals surface area (Å²) >= 11 is 0. The van der Waals surface area contributed by atoms with Crippen LogP contribution in [0.5, 0.6) is 0 Å². The molecule has 0 heterocycles. The van der Waals surface area contributed by atoms with Gasteiger partial charge in [0.15, 0.2) is 5.96 Å². The highest BCUT2D eigenvalue weighted by molar-refractivity contribution is 5.79. The van der Waals surface area contributed by atoms with E-state index in [1.807, 2.05) is 14.1 Å². The van der Waals surface area contributed by atoms with Crippen LogP contribution in [0.2, 0.25) is 0 Å². The highest BCUT2D eigenvalue weighted by atomic mass is 16.5. The smallest absolute Gasteiger partial charge is 0.193 e. The summed E-state index contributed by atoms with van der Waals surface area (Å²) < 4.78 is 10.9. The van der Waals surface area contributed by atoms with Gasteiger partial charge in [0.05, 0.1) is 13.2 Å². The van der Waals surface area contributed by atoms with Crippen LogP contribution in [0.15, 0.2) is 29.3 Å². The van der Waals surface area contributed by atoms with Crippen molar-refractivity contribution in [1.29, 1.82) is 0 Å². The maximum atomic E-state index is 5.69. The molecular formula is C18H29N3O2. The highest BCUT2D eigenvalue weighted by Crippen LogP contribution is 2.28. The first kappa shape index (κ1) is 17.8. The Morgan fingerprint density at radius 1 is 1.35 bits per heavy atom. The molecule has 5 nitrogen and oxygen atoms in total. The van der Waals surface area contributed by atoms with Crippen LogP contribution in [0, 0.1) is 5.92 Å². The monoisotopic (exact) mass is 319 g/mol. The standard InChI is InChI=1S/C18H29N3O2/c1-19-18(21(2)9-10-23-14-15-7-8-15)20-12-16-5-4-6-17(11-16)13-22-3/h4-6,11,15H,7-10,12-14H2,1-3H3,(H,19,20). The predicted molar refractivity (Wildman–Crippen MR) is 93.5 cm³/mol. The van der Waals surface area contributed by atoms with Crippen molar-refractivity contribution in [3.05, 3.63) is 35.4 Å². The number of benzene rings is 1. The fourth-order valence-electron chi connectivity index (χ4n) is 2.40. The van der Waals surface area contributed by atoms with E-state index in [9.17, 15) is 0 Å². The van der Waals surface area contributed by atoms with Crippen molar-refractivity contribution in [3.63, 3.8) is 0 Å². The van der Waals surface area contributed by atoms with E-state index in [2.05, 4.69) is 39.5 Å². The lowest BCUT2D eigenvalue weighted by Crippen LogP contribution is -2.40. The second-order valence-corrected chi connectivity index (χ2v) is 6.09. The summed E-state index contributed by atoms with van der Waals surface area (Å²) in [6, 6.07) is 8.40. The second-order valence-electron chi connectivity index (χ2n) is 6.09. The van der Waals surface area contributed by atoms with Gasteiger partial charge in [-0.1, -0.05) is 24.3 Å². The largest absolute Gasteiger partial charge is 0.380 e. The van der Waals surface area contributed by atoms with Gasteiger partial charge >= 0.3 is 0 Å². The molecule has 0 aromatic heterocycles. The molecule has 1 aliphatic carbocycles. The molecule has 0 atom stereocenters. The third kappa shape index (κ3) is 6.59. The van der Waals surface area contributed by atoms with Gasteiger partial charge in [0.1, 0.15) is 0 Å². The zero-order valence-corrected chi connectivity index (χ0v) is 14.5. The molecule has 0 unspecified atom stereocenters. The number of guanidine groups is 1. The lowest BCUT2D eigenvalue weighted by Gasteiger charge is -2.22. The molecule has 2 rings (SSSR count). The van der Waals surface area contributed by atoms with Gasteiger partial charge in [-0.3, -0.25) is 4.99 Å². The number of nitrogens with zero attached hydrogens (tertiary/aromatic N) is 2. The summed E-state index contributed by atoms with van der Waals surface area (Å²) in [6.45, 7) is 3.89. The summed E-state index contributed by atoms with van der Waals surface area (Å²) in [4.78, 5) is 6.44. The summed E-state index contributed by atoms with van der Waals surface area (Å²) in [6.07, 6.45) is 2.67. The van der Waals surface area contributed by atoms with E-state index in [1.165, 1.54) is 24.0 Å². The maximum absolute atomic E-state index is 5.69. The molecule has 0 radical (unpaired) electrons. The van der Waals surface area contributed by atoms with E-state index in [0.717, 1.165) is 38.2 Å². The Labute approximate surface area is 139 Å². The van der Waals surface area contributed by atoms with Crippen LogP contribution in [0.3, 0.4) is 0 Å². The SMILES string of the molecule is CN=C(NCc1cccc(COC)c1)N(C)CCOCC1CC1. The number of hydrogen-bond acceptors (Lipinski definition) is 3. The molecule has 1 saturated carbocycles. The fourth-order valence-corrected chi connectivity index (χ4v) is 2.40. The van der Waals surface area contributed by atoms with Crippen LogP contribution < -0.4 is 5.32 Å². The summed E-state index contributed by atoms with van der Waals surface area (Å²) in [7, 11) is 5.56. The number of likely N-dealkylation sites (N-methyl/N-ethyl adjacent to an activating group) is 1. The van der Waals surface area contributed by atoms with Gasteiger partial charge in [0, 0.05) is 40.9 Å². The molecule has 0 amide bonds. The lowest BCUT2D eigenvalue weighted by molar-refractivity contribution is 0.115. The van der Waals surface area contributed by atoms with Gasteiger partial charge in [-0.2, -0.15) is 0 Å². The molecule has 1 N–H and O–H groups in total. The van der Waals surface area contributed by atoms with E-state index < -0.39 is 0 Å². The fraction of sp³-hybridized carbons (Fsp3) is 0.611. The number of aliphatic imine (C=N–C) groups is 1. The van der Waals surface area contributed by atoms with Gasteiger partial charge < -0.3 is 19.7 Å². The zero-order chi connectivity index (χ0) is 16.5. The minimum absolute atomic E-state index is 0.640. The van der Waals surface area contributed by atoms with Gasteiger partial charge in [-0.25, -0.2) is 0 Å². The summed E-state index contributed by atoms with van der Waals surface area (Å²) in [5.41, 5.74) is 2.41. The molecule has 128 valence electrons. The molecule has 5 heteroatoms. The number of hydrogen-bond donors (Lipinski definition) is 1. The van der Waals surface area contributed by atoms with E-state index in [1.54, 1.807) is 7.11 Å². The Morgan fingerprint density at radius 2 is 2.13 bits per heavy atom. The molecule has 1 aliphatic rings. The van der Waals surface area contributed by atoms with Gasteiger partial charge in [0.25, 0.3) is 0 Å². The van der Waals surface area contributed by atoms with Crippen molar-refractivity contribution in [1.82, 2.24) is 10.2 Å². The van der Waals surface area contributed by atoms with Gasteiger partial charge in [-0.15, -0.1) is 0 Å². The maximum Gasteiger partial charge on any atom is 0.193 e. The number of nitrogens with one attached hydrogen (secondary N) is 1. The molecule has 23 heavy (non-hydrogen) atoms. The average Bonchev–Trinajstić information content (AvgIpc) is 3.37. The van der Waals surface area contributed by atoms with E-state index >= 15 is 0 Å². The number of ether oxygens (including phenoxy) is 2. The summed E-state index contributed by atoms with van der Waals surface area (Å²) in [5.74, 6) is 1.70. The van der Waals surface area contributed by atoms with Crippen LogP contribution in [0.25, 0.3) is 0 Å². The number of rotatable bonds is 9. The van der Waals surface area contributed by atoms with Crippen molar-refractivity contribution in [2.45, 2.75) is 26.0 Å². The highest BCUT2D eigenvalue weighted by Gasteiger charge is 2.21. The summed E-state index contributed by atoms with van der Waals surface area (Å²) in [5, 5.41) is 3.40. The van der Waals surface area contributed by atoms with Crippen molar-refractivity contribution in [2.75, 3.05) is 41.0 Å². The molecule has 0 saturated heterocycles. The molecule has 0 spiro atoms. The molecule has 1 aromatic carbocycles. The average molecular weight is 319 g/mol. The first-order valence-corrected chi connectivity index (χ1v) is 8.29. The first-order valence-electron chi connectivity index (χ1n) is 8.29. The molecule has 0 bridgehead atoms. The molecule has 1 aromatic rings. The predicted octanol–water partition coefficient (Wildman–Crippen LogP) is 2.27. The third-order valence-corrected chi connectivity index (χ3v) is 3.95. The van der Waals surface area contributed by atoms with Crippen molar-refractivity contribution in [2.24, 2.45) is 10.9 Å². The van der Waals surface area contributed by atoms with Crippen molar-refractivity contribution < 1.29 is 9.47 Å². The van der Waals surface area contributed by atoms with E-state index in [0.29, 0.717) is 6.61 Å². The Balaban J connectivity index is 1.73. The Bertz CT molecular complexity index is 501. The minimum Gasteiger partial charge on any atom is -0.380 e.